The average Bonchev–Trinajstić information content (AvgIpc) is 2.73. The summed E-state index contributed by atoms with van der Waals surface area (Å²) in [6.07, 6.45) is 1.56. The van der Waals surface area contributed by atoms with Crippen LogP contribution >= 0.6 is 31.9 Å². The van der Waals surface area contributed by atoms with Crippen molar-refractivity contribution in [2.24, 2.45) is 5.10 Å². The predicted molar refractivity (Wildman–Crippen MR) is 130 cm³/mol. The Balaban J connectivity index is 1.72. The second-order valence-electron chi connectivity index (χ2n) is 6.75. The van der Waals surface area contributed by atoms with Crippen molar-refractivity contribution in [3.8, 4) is 11.5 Å². The van der Waals surface area contributed by atoms with E-state index in [4.69, 9.17) is 9.47 Å². The molecule has 0 spiro atoms. The van der Waals surface area contributed by atoms with Crippen LogP contribution in [0.15, 0.2) is 74.7 Å². The topological polar surface area (TPSA) is 59.9 Å². The number of halogens is 2. The number of hydrazone groups is 1. The highest BCUT2D eigenvalue weighted by atomic mass is 79.9. The van der Waals surface area contributed by atoms with E-state index in [2.05, 4.69) is 61.4 Å². The van der Waals surface area contributed by atoms with Gasteiger partial charge in [-0.25, -0.2) is 5.43 Å². The molecule has 0 aromatic heterocycles. The standard InChI is InChI=1S/C24H22Br2N2O3/c1-3-30-22-12-18(14-27-28-24(29)19-8-5-9-20(25)13-19)11-21(26)23(22)31-15-17-7-4-6-16(2)10-17/h4-14H,3,15H2,1-2H3,(H,28,29)/b27-14-. The van der Waals surface area contributed by atoms with Crippen LogP contribution in [0, 0.1) is 6.92 Å². The fourth-order valence-corrected chi connectivity index (χ4v) is 3.86. The van der Waals surface area contributed by atoms with E-state index in [-0.39, 0.29) is 5.91 Å². The lowest BCUT2D eigenvalue weighted by Crippen LogP contribution is -2.17. The summed E-state index contributed by atoms with van der Waals surface area (Å²) in [6.45, 7) is 4.88. The van der Waals surface area contributed by atoms with Crippen molar-refractivity contribution >= 4 is 44.0 Å². The predicted octanol–water partition coefficient (Wildman–Crippen LogP) is 6.26. The molecule has 0 bridgehead atoms. The van der Waals surface area contributed by atoms with Crippen LogP contribution in [-0.2, 0) is 6.61 Å². The first-order chi connectivity index (χ1) is 15.0. The van der Waals surface area contributed by atoms with E-state index in [1.54, 1.807) is 24.4 Å². The van der Waals surface area contributed by atoms with Gasteiger partial charge >= 0.3 is 0 Å². The summed E-state index contributed by atoms with van der Waals surface area (Å²) in [5, 5.41) is 4.07. The third kappa shape index (κ3) is 6.67. The molecule has 0 aliphatic heterocycles. The lowest BCUT2D eigenvalue weighted by atomic mass is 10.1. The Labute approximate surface area is 198 Å². The van der Waals surface area contributed by atoms with Crippen LogP contribution < -0.4 is 14.9 Å². The number of amides is 1. The van der Waals surface area contributed by atoms with Gasteiger partial charge in [0.1, 0.15) is 6.61 Å². The molecule has 0 radical (unpaired) electrons. The maximum Gasteiger partial charge on any atom is 0.271 e. The van der Waals surface area contributed by atoms with Crippen LogP contribution in [0.4, 0.5) is 0 Å². The number of benzene rings is 3. The monoisotopic (exact) mass is 544 g/mol. The third-order valence-corrected chi connectivity index (χ3v) is 5.35. The van der Waals surface area contributed by atoms with Gasteiger partial charge in [-0.05, 0) is 71.2 Å². The number of ether oxygens (including phenoxy) is 2. The van der Waals surface area contributed by atoms with Crippen LogP contribution in [0.25, 0.3) is 0 Å². The molecule has 31 heavy (non-hydrogen) atoms. The molecule has 7 heteroatoms. The molecule has 3 aromatic carbocycles. The van der Waals surface area contributed by atoms with E-state index in [1.165, 1.54) is 5.56 Å². The Morgan fingerprint density at radius 3 is 2.61 bits per heavy atom. The summed E-state index contributed by atoms with van der Waals surface area (Å²) in [4.78, 5) is 12.2. The molecule has 0 atom stereocenters. The van der Waals surface area contributed by atoms with Crippen molar-refractivity contribution in [2.75, 3.05) is 6.61 Å². The quantitative estimate of drug-likeness (QED) is 0.268. The molecule has 1 amide bonds. The zero-order chi connectivity index (χ0) is 22.2. The second kappa shape index (κ2) is 11.1. The van der Waals surface area contributed by atoms with Crippen LogP contribution in [0.1, 0.15) is 34.0 Å². The first-order valence-corrected chi connectivity index (χ1v) is 11.3. The zero-order valence-corrected chi connectivity index (χ0v) is 20.4. The molecular formula is C24H22Br2N2O3. The van der Waals surface area contributed by atoms with E-state index in [0.29, 0.717) is 30.3 Å². The third-order valence-electron chi connectivity index (χ3n) is 4.26. The molecule has 0 heterocycles. The van der Waals surface area contributed by atoms with Crippen LogP contribution in [0.2, 0.25) is 0 Å². The lowest BCUT2D eigenvalue weighted by Gasteiger charge is -2.15. The van der Waals surface area contributed by atoms with E-state index in [0.717, 1.165) is 20.1 Å². The average molecular weight is 546 g/mol. The SMILES string of the molecule is CCOc1cc(/C=N\NC(=O)c2cccc(Br)c2)cc(Br)c1OCc1cccc(C)c1. The number of rotatable bonds is 8. The van der Waals surface area contributed by atoms with E-state index >= 15 is 0 Å². The van der Waals surface area contributed by atoms with Gasteiger partial charge in [-0.15, -0.1) is 0 Å². The maximum absolute atomic E-state index is 12.2. The van der Waals surface area contributed by atoms with Crippen molar-refractivity contribution in [2.45, 2.75) is 20.5 Å². The van der Waals surface area contributed by atoms with Gasteiger partial charge in [-0.3, -0.25) is 4.79 Å². The summed E-state index contributed by atoms with van der Waals surface area (Å²) in [7, 11) is 0. The number of carbonyl (C=O) groups excluding carboxylic acids is 1. The van der Waals surface area contributed by atoms with Crippen LogP contribution in [0.5, 0.6) is 11.5 Å². The Morgan fingerprint density at radius 1 is 1.06 bits per heavy atom. The minimum Gasteiger partial charge on any atom is -0.490 e. The summed E-state index contributed by atoms with van der Waals surface area (Å²) in [5.41, 5.74) is 6.07. The van der Waals surface area contributed by atoms with Crippen molar-refractivity contribution in [1.82, 2.24) is 5.43 Å². The summed E-state index contributed by atoms with van der Waals surface area (Å²) < 4.78 is 13.4. The largest absolute Gasteiger partial charge is 0.490 e. The fourth-order valence-electron chi connectivity index (χ4n) is 2.88. The molecule has 3 rings (SSSR count). The number of hydrogen-bond acceptors (Lipinski definition) is 4. The summed E-state index contributed by atoms with van der Waals surface area (Å²) in [6, 6.07) is 19.0. The van der Waals surface area contributed by atoms with Gasteiger partial charge in [0.05, 0.1) is 17.3 Å². The molecular weight excluding hydrogens is 524 g/mol. The van der Waals surface area contributed by atoms with Crippen molar-refractivity contribution in [1.29, 1.82) is 0 Å². The van der Waals surface area contributed by atoms with E-state index < -0.39 is 0 Å². The van der Waals surface area contributed by atoms with E-state index in [1.807, 2.05) is 37.3 Å². The highest BCUT2D eigenvalue weighted by Gasteiger charge is 2.12. The first kappa shape index (κ1) is 23.0. The Morgan fingerprint density at radius 2 is 1.87 bits per heavy atom. The minimum absolute atomic E-state index is 0.292. The molecule has 0 unspecified atom stereocenters. The Bertz CT molecular complexity index is 1100. The molecule has 0 saturated carbocycles. The number of nitrogens with zero attached hydrogens (tertiary/aromatic N) is 1. The number of hydrogen-bond donors (Lipinski definition) is 1. The van der Waals surface area contributed by atoms with Gasteiger partial charge in [0.15, 0.2) is 11.5 Å². The van der Waals surface area contributed by atoms with Gasteiger partial charge in [0.2, 0.25) is 0 Å². The first-order valence-electron chi connectivity index (χ1n) is 9.70. The van der Waals surface area contributed by atoms with Gasteiger partial charge in [0, 0.05) is 10.0 Å². The molecule has 1 N–H and O–H groups in total. The van der Waals surface area contributed by atoms with Crippen LogP contribution in [-0.4, -0.2) is 18.7 Å². The number of aryl methyl sites for hydroxylation is 1. The molecule has 0 saturated heterocycles. The highest BCUT2D eigenvalue weighted by molar-refractivity contribution is 9.10. The molecule has 160 valence electrons. The minimum atomic E-state index is -0.292. The van der Waals surface area contributed by atoms with Gasteiger partial charge in [-0.1, -0.05) is 51.8 Å². The second-order valence-corrected chi connectivity index (χ2v) is 8.52. The van der Waals surface area contributed by atoms with Gasteiger partial charge in [0.25, 0.3) is 5.91 Å². The van der Waals surface area contributed by atoms with Gasteiger partial charge in [-0.2, -0.15) is 5.10 Å². The normalized spacial score (nSPS) is 10.8. The highest BCUT2D eigenvalue weighted by Crippen LogP contribution is 2.37. The molecule has 3 aromatic rings. The summed E-state index contributed by atoms with van der Waals surface area (Å²) >= 11 is 6.92. The lowest BCUT2D eigenvalue weighted by molar-refractivity contribution is 0.0955. The molecule has 0 fully saturated rings. The molecule has 0 aliphatic rings. The van der Waals surface area contributed by atoms with Crippen molar-refractivity contribution < 1.29 is 14.3 Å². The van der Waals surface area contributed by atoms with Crippen molar-refractivity contribution in [3.05, 3.63) is 91.9 Å². The summed E-state index contributed by atoms with van der Waals surface area (Å²) in [5.74, 6) is 0.933. The smallest absolute Gasteiger partial charge is 0.271 e. The van der Waals surface area contributed by atoms with E-state index in [9.17, 15) is 4.79 Å². The maximum atomic E-state index is 12.2. The molecule has 0 aliphatic carbocycles. The van der Waals surface area contributed by atoms with Crippen molar-refractivity contribution in [3.63, 3.8) is 0 Å². The number of nitrogens with one attached hydrogen (secondary N) is 1. The molecule has 5 nitrogen and oxygen atoms in total. The van der Waals surface area contributed by atoms with Gasteiger partial charge < -0.3 is 9.47 Å². The zero-order valence-electron chi connectivity index (χ0n) is 17.2. The Hall–Kier alpha value is -2.64. The Kier molecular flexibility index (Phi) is 8.26. The van der Waals surface area contributed by atoms with Crippen LogP contribution in [0.3, 0.4) is 0 Å². The number of carbonyl (C=O) groups is 1. The fraction of sp³-hybridized carbons (Fsp3) is 0.167.